The lowest BCUT2D eigenvalue weighted by Gasteiger charge is -2.04. The lowest BCUT2D eigenvalue weighted by molar-refractivity contribution is 0.0950. The fourth-order valence-corrected chi connectivity index (χ4v) is 4.49. The van der Waals surface area contributed by atoms with Gasteiger partial charge in [0.25, 0.3) is 5.91 Å². The number of thioether (sulfide) groups is 1. The maximum Gasteiger partial charge on any atom is 0.282 e. The monoisotopic (exact) mass is 406 g/mol. The number of nitrogens with one attached hydrogen (secondary N) is 1. The highest BCUT2D eigenvalue weighted by molar-refractivity contribution is 7.98. The summed E-state index contributed by atoms with van der Waals surface area (Å²) in [6, 6.07) is 18.1. The van der Waals surface area contributed by atoms with Gasteiger partial charge in [0.1, 0.15) is 5.01 Å². The molecule has 0 saturated carbocycles. The molecule has 0 aliphatic heterocycles. The summed E-state index contributed by atoms with van der Waals surface area (Å²) in [6.07, 6.45) is 1.81. The van der Waals surface area contributed by atoms with Crippen LogP contribution in [0.15, 0.2) is 65.7 Å². The number of carbonyl (C=O) groups is 1. The molecule has 0 aliphatic carbocycles. The fourth-order valence-electron chi connectivity index (χ4n) is 2.70. The quantitative estimate of drug-likeness (QED) is 0.473. The van der Waals surface area contributed by atoms with Crippen LogP contribution in [0.25, 0.3) is 10.9 Å². The minimum Gasteiger partial charge on any atom is -0.346 e. The van der Waals surface area contributed by atoms with Gasteiger partial charge in [-0.3, -0.25) is 9.78 Å². The third kappa shape index (κ3) is 4.37. The van der Waals surface area contributed by atoms with Crippen LogP contribution in [-0.4, -0.2) is 21.1 Å². The van der Waals surface area contributed by atoms with Crippen molar-refractivity contribution in [2.24, 2.45) is 0 Å². The summed E-state index contributed by atoms with van der Waals surface area (Å²) in [7, 11) is 0. The Morgan fingerprint density at radius 2 is 1.89 bits per heavy atom. The molecular weight excluding hydrogens is 388 g/mol. The number of carbonyl (C=O) groups excluding carboxylic acids is 1. The van der Waals surface area contributed by atoms with Gasteiger partial charge in [0.2, 0.25) is 5.01 Å². The lowest BCUT2D eigenvalue weighted by Crippen LogP contribution is -2.22. The lowest BCUT2D eigenvalue weighted by atomic mass is 10.1. The van der Waals surface area contributed by atoms with Crippen LogP contribution in [0.1, 0.15) is 25.9 Å². The number of pyridine rings is 1. The van der Waals surface area contributed by atoms with Gasteiger partial charge in [0.05, 0.1) is 11.3 Å². The van der Waals surface area contributed by atoms with E-state index in [-0.39, 0.29) is 5.91 Å². The van der Waals surface area contributed by atoms with Gasteiger partial charge in [-0.2, -0.15) is 0 Å². The van der Waals surface area contributed by atoms with Crippen LogP contribution in [0.2, 0.25) is 0 Å². The molecule has 2 heterocycles. The standard InChI is InChI=1S/C21H18N4OS2/c1-14-6-8-15(9-7-14)12-23-20(26)21-25-24-19(28-21)13-27-18-10-11-22-17-5-3-2-4-16(17)18/h2-11H,12-13H2,1H3,(H,23,26). The molecule has 0 fully saturated rings. The first-order valence-electron chi connectivity index (χ1n) is 8.82. The van der Waals surface area contributed by atoms with E-state index in [1.165, 1.54) is 16.9 Å². The van der Waals surface area contributed by atoms with E-state index in [2.05, 4.69) is 26.6 Å². The highest BCUT2D eigenvalue weighted by Gasteiger charge is 2.13. The van der Waals surface area contributed by atoms with Gasteiger partial charge >= 0.3 is 0 Å². The summed E-state index contributed by atoms with van der Waals surface area (Å²) in [5.41, 5.74) is 3.23. The van der Waals surface area contributed by atoms with E-state index in [0.717, 1.165) is 26.4 Å². The minimum absolute atomic E-state index is 0.191. The highest BCUT2D eigenvalue weighted by Crippen LogP contribution is 2.29. The van der Waals surface area contributed by atoms with E-state index in [1.807, 2.05) is 61.7 Å². The average molecular weight is 407 g/mol. The molecular formula is C21H18N4OS2. The summed E-state index contributed by atoms with van der Waals surface area (Å²) in [5.74, 6) is 0.473. The molecule has 0 radical (unpaired) electrons. The summed E-state index contributed by atoms with van der Waals surface area (Å²) >= 11 is 3.01. The second-order valence-electron chi connectivity index (χ2n) is 6.28. The van der Waals surface area contributed by atoms with Crippen LogP contribution in [0.5, 0.6) is 0 Å². The summed E-state index contributed by atoms with van der Waals surface area (Å²) in [4.78, 5) is 17.9. The molecule has 1 amide bonds. The Bertz CT molecular complexity index is 1100. The van der Waals surface area contributed by atoms with Crippen molar-refractivity contribution in [1.82, 2.24) is 20.5 Å². The van der Waals surface area contributed by atoms with Crippen LogP contribution in [0, 0.1) is 6.92 Å². The van der Waals surface area contributed by atoms with Gasteiger partial charge in [0, 0.05) is 23.0 Å². The second-order valence-corrected chi connectivity index (χ2v) is 8.36. The molecule has 5 nitrogen and oxygen atoms in total. The van der Waals surface area contributed by atoms with E-state index in [0.29, 0.717) is 17.3 Å². The molecule has 0 spiro atoms. The van der Waals surface area contributed by atoms with E-state index in [4.69, 9.17) is 0 Å². The number of rotatable bonds is 6. The molecule has 0 unspecified atom stereocenters. The number of aryl methyl sites for hydroxylation is 1. The maximum atomic E-state index is 12.3. The summed E-state index contributed by atoms with van der Waals surface area (Å²) in [5, 5.41) is 13.5. The maximum absolute atomic E-state index is 12.3. The number of para-hydroxylation sites is 1. The smallest absolute Gasteiger partial charge is 0.282 e. The summed E-state index contributed by atoms with van der Waals surface area (Å²) < 4.78 is 0. The second kappa shape index (κ2) is 8.50. The Labute approximate surface area is 171 Å². The number of aromatic nitrogens is 3. The molecule has 4 rings (SSSR count). The molecule has 0 atom stereocenters. The van der Waals surface area contributed by atoms with Crippen molar-refractivity contribution in [2.75, 3.05) is 0 Å². The molecule has 0 bridgehead atoms. The van der Waals surface area contributed by atoms with Gasteiger partial charge in [-0.05, 0) is 24.6 Å². The van der Waals surface area contributed by atoms with Crippen LogP contribution in [0.3, 0.4) is 0 Å². The number of amides is 1. The zero-order valence-corrected chi connectivity index (χ0v) is 16.9. The first-order valence-corrected chi connectivity index (χ1v) is 10.6. The predicted octanol–water partition coefficient (Wildman–Crippen LogP) is 4.62. The molecule has 28 heavy (non-hydrogen) atoms. The van der Waals surface area contributed by atoms with Crippen LogP contribution >= 0.6 is 23.1 Å². The molecule has 2 aromatic heterocycles. The Morgan fingerprint density at radius 3 is 2.75 bits per heavy atom. The van der Waals surface area contributed by atoms with Crippen LogP contribution in [0.4, 0.5) is 0 Å². The van der Waals surface area contributed by atoms with E-state index < -0.39 is 0 Å². The van der Waals surface area contributed by atoms with Gasteiger partial charge in [-0.1, -0.05) is 59.4 Å². The number of hydrogen-bond donors (Lipinski definition) is 1. The van der Waals surface area contributed by atoms with E-state index in [1.54, 1.807) is 11.8 Å². The largest absolute Gasteiger partial charge is 0.346 e. The van der Waals surface area contributed by atoms with Gasteiger partial charge in [-0.25, -0.2) is 0 Å². The molecule has 4 aromatic rings. The van der Waals surface area contributed by atoms with Crippen molar-refractivity contribution in [1.29, 1.82) is 0 Å². The Balaban J connectivity index is 1.37. The predicted molar refractivity (Wildman–Crippen MR) is 114 cm³/mol. The van der Waals surface area contributed by atoms with Crippen molar-refractivity contribution in [3.05, 3.63) is 81.9 Å². The molecule has 7 heteroatoms. The van der Waals surface area contributed by atoms with Gasteiger partial charge < -0.3 is 5.32 Å². The van der Waals surface area contributed by atoms with Gasteiger partial charge in [-0.15, -0.1) is 22.0 Å². The number of fused-ring (bicyclic) bond motifs is 1. The minimum atomic E-state index is -0.191. The van der Waals surface area contributed by atoms with Crippen LogP contribution < -0.4 is 5.32 Å². The Kier molecular flexibility index (Phi) is 5.64. The molecule has 140 valence electrons. The van der Waals surface area contributed by atoms with Crippen molar-refractivity contribution >= 4 is 39.9 Å². The first kappa shape index (κ1) is 18.6. The number of hydrogen-bond acceptors (Lipinski definition) is 6. The van der Waals surface area contributed by atoms with Crippen LogP contribution in [-0.2, 0) is 12.3 Å². The fraction of sp³-hybridized carbons (Fsp3) is 0.143. The zero-order chi connectivity index (χ0) is 19.3. The van der Waals surface area contributed by atoms with Gasteiger partial charge in [0.15, 0.2) is 0 Å². The first-order chi connectivity index (χ1) is 13.7. The van der Waals surface area contributed by atoms with E-state index in [9.17, 15) is 4.79 Å². The SMILES string of the molecule is Cc1ccc(CNC(=O)c2nnc(CSc3ccnc4ccccc34)s2)cc1. The van der Waals surface area contributed by atoms with Crippen molar-refractivity contribution in [2.45, 2.75) is 24.1 Å². The third-order valence-corrected chi connectivity index (χ3v) is 6.38. The molecule has 0 saturated heterocycles. The average Bonchev–Trinajstić information content (AvgIpc) is 3.21. The topological polar surface area (TPSA) is 67.8 Å². The number of benzene rings is 2. The van der Waals surface area contributed by atoms with Crippen molar-refractivity contribution in [3.8, 4) is 0 Å². The Hall–Kier alpha value is -2.77. The zero-order valence-electron chi connectivity index (χ0n) is 15.3. The molecule has 1 N–H and O–H groups in total. The molecule has 2 aromatic carbocycles. The third-order valence-electron chi connectivity index (χ3n) is 4.19. The summed E-state index contributed by atoms with van der Waals surface area (Å²) in [6.45, 7) is 2.52. The highest BCUT2D eigenvalue weighted by atomic mass is 32.2. The Morgan fingerprint density at radius 1 is 1.07 bits per heavy atom. The van der Waals surface area contributed by atoms with E-state index >= 15 is 0 Å². The number of nitrogens with zero attached hydrogens (tertiary/aromatic N) is 3. The normalized spacial score (nSPS) is 10.9. The molecule has 0 aliphatic rings. The van der Waals surface area contributed by atoms with Crippen molar-refractivity contribution < 1.29 is 4.79 Å². The van der Waals surface area contributed by atoms with Crippen molar-refractivity contribution in [3.63, 3.8) is 0 Å².